The first-order valence-electron chi connectivity index (χ1n) is 7.00. The third-order valence-electron chi connectivity index (χ3n) is 4.19. The molecular weight excluding hydrogens is 260 g/mol. The fourth-order valence-electron chi connectivity index (χ4n) is 3.15. The highest BCUT2D eigenvalue weighted by Crippen LogP contribution is 2.37. The summed E-state index contributed by atoms with van der Waals surface area (Å²) in [5, 5.41) is 9.02. The minimum atomic E-state index is -1.31. The lowest BCUT2D eigenvalue weighted by Crippen LogP contribution is -2.39. The zero-order chi connectivity index (χ0) is 14.9. The molecule has 2 unspecified atom stereocenters. The summed E-state index contributed by atoms with van der Waals surface area (Å²) in [7, 11) is 0. The fourth-order valence-corrected chi connectivity index (χ4v) is 3.15. The number of aromatic nitrogens is 2. The van der Waals surface area contributed by atoms with Gasteiger partial charge in [0.2, 0.25) is 0 Å². The third kappa shape index (κ3) is 2.69. The van der Waals surface area contributed by atoms with Gasteiger partial charge in [0.15, 0.2) is 0 Å². The zero-order valence-corrected chi connectivity index (χ0v) is 11.8. The molecule has 0 radical (unpaired) electrons. The fraction of sp³-hybridized carbons (Fsp3) is 0.643. The van der Waals surface area contributed by atoms with E-state index in [4.69, 9.17) is 5.11 Å². The summed E-state index contributed by atoms with van der Waals surface area (Å²) in [4.78, 5) is 36.6. The van der Waals surface area contributed by atoms with Crippen molar-refractivity contribution in [2.75, 3.05) is 0 Å². The van der Waals surface area contributed by atoms with E-state index in [1.807, 2.05) is 0 Å². The molecule has 0 saturated heterocycles. The van der Waals surface area contributed by atoms with E-state index in [1.165, 1.54) is 10.8 Å². The summed E-state index contributed by atoms with van der Waals surface area (Å²) in [6.07, 6.45) is 5.21. The minimum absolute atomic E-state index is 0.0359. The maximum Gasteiger partial charge on any atom is 0.342 e. The van der Waals surface area contributed by atoms with Crippen LogP contribution >= 0.6 is 0 Å². The highest BCUT2D eigenvalue weighted by atomic mass is 16.4. The Balaban J connectivity index is 2.50. The van der Waals surface area contributed by atoms with Crippen molar-refractivity contribution >= 4 is 5.97 Å². The molecule has 2 rings (SSSR count). The molecule has 1 aliphatic carbocycles. The van der Waals surface area contributed by atoms with Gasteiger partial charge in [0, 0.05) is 12.2 Å². The summed E-state index contributed by atoms with van der Waals surface area (Å²) in [5.74, 6) is -0.571. The summed E-state index contributed by atoms with van der Waals surface area (Å²) in [5.41, 5.74) is -1.73. The Morgan fingerprint density at radius 3 is 2.60 bits per heavy atom. The largest absolute Gasteiger partial charge is 0.477 e. The molecule has 0 aromatic carbocycles. The second-order valence-electron chi connectivity index (χ2n) is 5.77. The van der Waals surface area contributed by atoms with Crippen LogP contribution in [0, 0.1) is 11.8 Å². The van der Waals surface area contributed by atoms with Gasteiger partial charge in [-0.2, -0.15) is 0 Å². The number of H-pyrrole nitrogens is 1. The molecule has 1 aromatic rings. The number of carbonyl (C=O) groups is 1. The van der Waals surface area contributed by atoms with Crippen molar-refractivity contribution in [3.8, 4) is 0 Å². The Morgan fingerprint density at radius 1 is 1.35 bits per heavy atom. The molecule has 1 aliphatic rings. The Morgan fingerprint density at radius 2 is 2.00 bits per heavy atom. The number of hydrogen-bond acceptors (Lipinski definition) is 3. The van der Waals surface area contributed by atoms with Crippen molar-refractivity contribution in [3.05, 3.63) is 32.6 Å². The molecule has 0 spiro atoms. The smallest absolute Gasteiger partial charge is 0.342 e. The molecule has 110 valence electrons. The predicted octanol–water partition coefficient (Wildman–Crippen LogP) is 1.62. The molecule has 1 fully saturated rings. The van der Waals surface area contributed by atoms with Crippen LogP contribution in [0.2, 0.25) is 0 Å². The molecule has 1 heterocycles. The second-order valence-corrected chi connectivity index (χ2v) is 5.77. The molecule has 6 nitrogen and oxygen atoms in total. The van der Waals surface area contributed by atoms with E-state index in [2.05, 4.69) is 18.8 Å². The maximum absolute atomic E-state index is 12.0. The van der Waals surface area contributed by atoms with Gasteiger partial charge in [0.05, 0.1) is 0 Å². The van der Waals surface area contributed by atoms with Gasteiger partial charge in [0.25, 0.3) is 5.56 Å². The number of carboxylic acids is 1. The first-order chi connectivity index (χ1) is 9.41. The van der Waals surface area contributed by atoms with Gasteiger partial charge < -0.3 is 5.11 Å². The quantitative estimate of drug-likeness (QED) is 0.880. The highest BCUT2D eigenvalue weighted by molar-refractivity contribution is 5.86. The van der Waals surface area contributed by atoms with Crippen molar-refractivity contribution in [2.24, 2.45) is 11.8 Å². The second kappa shape index (κ2) is 5.64. The molecule has 6 heteroatoms. The molecule has 1 aromatic heterocycles. The van der Waals surface area contributed by atoms with Crippen LogP contribution in [0.1, 0.15) is 55.9 Å². The molecule has 20 heavy (non-hydrogen) atoms. The predicted molar refractivity (Wildman–Crippen MR) is 74.1 cm³/mol. The highest BCUT2D eigenvalue weighted by Gasteiger charge is 2.30. The summed E-state index contributed by atoms with van der Waals surface area (Å²) in [6, 6.07) is -0.0359. The van der Waals surface area contributed by atoms with Crippen LogP contribution in [0.3, 0.4) is 0 Å². The van der Waals surface area contributed by atoms with Crippen LogP contribution < -0.4 is 11.2 Å². The Labute approximate surface area is 116 Å². The van der Waals surface area contributed by atoms with Crippen molar-refractivity contribution in [2.45, 2.75) is 45.6 Å². The van der Waals surface area contributed by atoms with Crippen molar-refractivity contribution in [1.29, 1.82) is 0 Å². The van der Waals surface area contributed by atoms with Gasteiger partial charge in [-0.05, 0) is 24.7 Å². The topological polar surface area (TPSA) is 92.2 Å². The van der Waals surface area contributed by atoms with Crippen LogP contribution in [-0.4, -0.2) is 20.6 Å². The van der Waals surface area contributed by atoms with E-state index in [9.17, 15) is 14.4 Å². The molecule has 1 saturated carbocycles. The first-order valence-corrected chi connectivity index (χ1v) is 7.00. The molecule has 0 bridgehead atoms. The van der Waals surface area contributed by atoms with E-state index in [-0.39, 0.29) is 11.6 Å². The number of carboxylic acid groups (broad SMARTS) is 1. The Kier molecular flexibility index (Phi) is 4.11. The normalized spacial score (nSPS) is 22.9. The lowest BCUT2D eigenvalue weighted by molar-refractivity contribution is 0.0692. The molecular formula is C14H20N2O4. The van der Waals surface area contributed by atoms with Crippen molar-refractivity contribution in [3.63, 3.8) is 0 Å². The zero-order valence-electron chi connectivity index (χ0n) is 11.8. The van der Waals surface area contributed by atoms with E-state index in [0.717, 1.165) is 25.7 Å². The third-order valence-corrected chi connectivity index (χ3v) is 4.19. The number of rotatable bonds is 3. The average molecular weight is 280 g/mol. The Bertz CT molecular complexity index is 614. The van der Waals surface area contributed by atoms with Gasteiger partial charge in [-0.15, -0.1) is 0 Å². The van der Waals surface area contributed by atoms with E-state index in [1.54, 1.807) is 0 Å². The van der Waals surface area contributed by atoms with E-state index < -0.39 is 17.2 Å². The number of nitrogens with one attached hydrogen (secondary N) is 1. The summed E-state index contributed by atoms with van der Waals surface area (Å²) < 4.78 is 1.41. The number of aromatic carboxylic acids is 1. The molecule has 0 amide bonds. The van der Waals surface area contributed by atoms with Crippen LogP contribution in [-0.2, 0) is 0 Å². The number of nitrogens with zero attached hydrogens (tertiary/aromatic N) is 1. The van der Waals surface area contributed by atoms with E-state index >= 15 is 0 Å². The van der Waals surface area contributed by atoms with Crippen LogP contribution in [0.15, 0.2) is 15.8 Å². The van der Waals surface area contributed by atoms with Gasteiger partial charge >= 0.3 is 11.7 Å². The monoisotopic (exact) mass is 280 g/mol. The molecule has 2 atom stereocenters. The molecule has 2 N–H and O–H groups in total. The average Bonchev–Trinajstić information content (AvgIpc) is 2.38. The minimum Gasteiger partial charge on any atom is -0.477 e. The van der Waals surface area contributed by atoms with Crippen LogP contribution in [0.4, 0.5) is 0 Å². The summed E-state index contributed by atoms with van der Waals surface area (Å²) >= 11 is 0. The lowest BCUT2D eigenvalue weighted by atomic mass is 9.77. The van der Waals surface area contributed by atoms with Crippen molar-refractivity contribution in [1.82, 2.24) is 9.55 Å². The van der Waals surface area contributed by atoms with Gasteiger partial charge in [-0.3, -0.25) is 14.3 Å². The summed E-state index contributed by atoms with van der Waals surface area (Å²) in [6.45, 7) is 4.22. The van der Waals surface area contributed by atoms with Gasteiger partial charge in [0.1, 0.15) is 5.56 Å². The molecule has 0 aliphatic heterocycles. The first kappa shape index (κ1) is 14.6. The van der Waals surface area contributed by atoms with Crippen LogP contribution in [0.5, 0.6) is 0 Å². The number of aromatic amines is 1. The number of hydrogen-bond donors (Lipinski definition) is 2. The SMILES string of the molecule is CC(C)C1CCCCC1n1cc(C(=O)O)c(=O)[nH]c1=O. The lowest BCUT2D eigenvalue weighted by Gasteiger charge is -2.35. The van der Waals surface area contributed by atoms with Gasteiger partial charge in [-0.25, -0.2) is 9.59 Å². The Hall–Kier alpha value is -1.85. The standard InChI is InChI=1S/C14H20N2O4/c1-8(2)9-5-3-4-6-11(9)16-7-10(13(18)19)12(17)15-14(16)20/h7-9,11H,3-6H2,1-2H3,(H,18,19)(H,15,17,20). The van der Waals surface area contributed by atoms with Gasteiger partial charge in [-0.1, -0.05) is 26.7 Å². The van der Waals surface area contributed by atoms with Crippen molar-refractivity contribution < 1.29 is 9.90 Å². The van der Waals surface area contributed by atoms with Crippen LogP contribution in [0.25, 0.3) is 0 Å². The maximum atomic E-state index is 12.0. The van der Waals surface area contributed by atoms with E-state index in [0.29, 0.717) is 11.8 Å².